The molecule has 0 unspecified atom stereocenters. The molecule has 148 valence electrons. The molecule has 10 heteroatoms. The first-order valence-corrected chi connectivity index (χ1v) is 8.21. The molecule has 0 aliphatic heterocycles. The minimum absolute atomic E-state index is 0.0626. The highest BCUT2D eigenvalue weighted by atomic mass is 16.5. The Morgan fingerprint density at radius 2 is 1.81 bits per heavy atom. The van der Waals surface area contributed by atoms with Gasteiger partial charge in [0, 0.05) is 13.0 Å². The van der Waals surface area contributed by atoms with Crippen LogP contribution >= 0.6 is 0 Å². The molecule has 27 heavy (non-hydrogen) atoms. The minimum atomic E-state index is -1.22. The summed E-state index contributed by atoms with van der Waals surface area (Å²) in [6, 6.07) is 7.85. The average Bonchev–Trinajstić information content (AvgIpc) is 2.62. The zero-order valence-corrected chi connectivity index (χ0v) is 14.6. The molecule has 10 nitrogen and oxygen atoms in total. The van der Waals surface area contributed by atoms with Crippen molar-refractivity contribution in [3.05, 3.63) is 35.9 Å². The van der Waals surface area contributed by atoms with Crippen molar-refractivity contribution in [3.8, 4) is 0 Å². The van der Waals surface area contributed by atoms with Crippen molar-refractivity contribution in [1.82, 2.24) is 10.6 Å². The molecule has 0 fully saturated rings. The summed E-state index contributed by atoms with van der Waals surface area (Å²) >= 11 is 0. The molecule has 3 amide bonds. The Morgan fingerprint density at radius 1 is 1.15 bits per heavy atom. The van der Waals surface area contributed by atoms with Crippen LogP contribution in [0.5, 0.6) is 0 Å². The molecule has 0 heterocycles. The van der Waals surface area contributed by atoms with E-state index in [4.69, 9.17) is 15.6 Å². The van der Waals surface area contributed by atoms with Crippen molar-refractivity contribution in [1.29, 1.82) is 0 Å². The number of alkyl carbamates (subject to hydrolysis) is 1. The fraction of sp³-hybridized carbons (Fsp3) is 0.412. The third kappa shape index (κ3) is 9.80. The summed E-state index contributed by atoms with van der Waals surface area (Å²) in [7, 11) is 0. The smallest absolute Gasteiger partial charge is 0.407 e. The zero-order chi connectivity index (χ0) is 20.2. The van der Waals surface area contributed by atoms with E-state index in [0.717, 1.165) is 5.56 Å². The van der Waals surface area contributed by atoms with Crippen LogP contribution in [0, 0.1) is 0 Å². The number of rotatable bonds is 11. The van der Waals surface area contributed by atoms with Gasteiger partial charge in [-0.25, -0.2) is 4.79 Å². The average molecular weight is 381 g/mol. The van der Waals surface area contributed by atoms with Gasteiger partial charge in [-0.15, -0.1) is 0 Å². The molecule has 0 radical (unpaired) electrons. The number of carboxylic acids is 1. The number of carboxylic acid groups (broad SMARTS) is 1. The van der Waals surface area contributed by atoms with Gasteiger partial charge >= 0.3 is 12.1 Å². The third-order valence-electron chi connectivity index (χ3n) is 3.44. The summed E-state index contributed by atoms with van der Waals surface area (Å²) < 4.78 is 4.96. The Balaban J connectivity index is 2.30. The first-order chi connectivity index (χ1) is 12.8. The topological polar surface area (TPSA) is 168 Å². The maximum Gasteiger partial charge on any atom is 0.407 e. The largest absolute Gasteiger partial charge is 0.481 e. The normalized spacial score (nSPS) is 12.5. The van der Waals surface area contributed by atoms with Crippen LogP contribution in [-0.4, -0.2) is 52.8 Å². The van der Waals surface area contributed by atoms with E-state index in [0.29, 0.717) is 0 Å². The lowest BCUT2D eigenvalue weighted by molar-refractivity contribution is -0.138. The predicted octanol–water partition coefficient (Wildman–Crippen LogP) is -0.501. The standard InChI is InChI=1S/C17H23N3O7/c18-16(25)13(6-7-15(23)24)20-14(22)8-12(21)9-19-17(26)27-10-11-4-2-1-3-5-11/h1-5,12-13,21H,6-10H2,(H2,18,25)(H,19,26)(H,20,22)(H,23,24)/t12-,13+/m0/s1. The summed E-state index contributed by atoms with van der Waals surface area (Å²) in [4.78, 5) is 45.1. The SMILES string of the molecule is NC(=O)[C@@H](CCC(=O)O)NC(=O)C[C@H](O)CNC(=O)OCc1ccccc1. The van der Waals surface area contributed by atoms with Crippen LogP contribution in [0.3, 0.4) is 0 Å². The quantitative estimate of drug-likeness (QED) is 0.344. The van der Waals surface area contributed by atoms with Crippen LogP contribution in [-0.2, 0) is 25.7 Å². The second-order valence-corrected chi connectivity index (χ2v) is 5.76. The lowest BCUT2D eigenvalue weighted by atomic mass is 10.1. The zero-order valence-electron chi connectivity index (χ0n) is 14.6. The van der Waals surface area contributed by atoms with Crippen molar-refractivity contribution in [2.45, 2.75) is 38.0 Å². The summed E-state index contributed by atoms with van der Waals surface area (Å²) in [6.45, 7) is -0.176. The van der Waals surface area contributed by atoms with Gasteiger partial charge in [-0.05, 0) is 12.0 Å². The number of nitrogens with one attached hydrogen (secondary N) is 2. The van der Waals surface area contributed by atoms with Crippen LogP contribution in [0.2, 0.25) is 0 Å². The second-order valence-electron chi connectivity index (χ2n) is 5.76. The first-order valence-electron chi connectivity index (χ1n) is 8.21. The highest BCUT2D eigenvalue weighted by molar-refractivity contribution is 5.87. The van der Waals surface area contributed by atoms with Gasteiger partial charge in [0.05, 0.1) is 12.5 Å². The van der Waals surface area contributed by atoms with E-state index in [1.165, 1.54) is 0 Å². The van der Waals surface area contributed by atoms with Gasteiger partial charge < -0.3 is 31.3 Å². The molecule has 0 aromatic heterocycles. The number of primary amides is 1. The molecule has 0 saturated heterocycles. The van der Waals surface area contributed by atoms with Gasteiger partial charge in [0.25, 0.3) is 0 Å². The Labute approximate surface area is 155 Å². The highest BCUT2D eigenvalue weighted by Crippen LogP contribution is 2.01. The Kier molecular flexibility index (Phi) is 9.30. The van der Waals surface area contributed by atoms with Crippen LogP contribution < -0.4 is 16.4 Å². The molecule has 0 bridgehead atoms. The first kappa shape index (κ1) is 21.9. The van der Waals surface area contributed by atoms with Gasteiger partial charge in [-0.1, -0.05) is 30.3 Å². The van der Waals surface area contributed by atoms with Crippen LogP contribution in [0.15, 0.2) is 30.3 Å². The maximum absolute atomic E-state index is 11.8. The van der Waals surface area contributed by atoms with Crippen LogP contribution in [0.4, 0.5) is 4.79 Å². The van der Waals surface area contributed by atoms with Gasteiger partial charge in [-0.3, -0.25) is 14.4 Å². The number of nitrogens with two attached hydrogens (primary N) is 1. The summed E-state index contributed by atoms with van der Waals surface area (Å²) in [5, 5.41) is 23.0. The number of carbonyl (C=O) groups excluding carboxylic acids is 3. The molecule has 0 aliphatic carbocycles. The fourth-order valence-electron chi connectivity index (χ4n) is 2.07. The van der Waals surface area contributed by atoms with E-state index in [1.54, 1.807) is 24.3 Å². The number of ether oxygens (including phenoxy) is 1. The number of aliphatic carboxylic acids is 1. The molecule has 0 aliphatic rings. The van der Waals surface area contributed by atoms with Crippen molar-refractivity contribution < 1.29 is 34.1 Å². The lowest BCUT2D eigenvalue weighted by Crippen LogP contribution is -2.46. The lowest BCUT2D eigenvalue weighted by Gasteiger charge is -2.16. The summed E-state index contributed by atoms with van der Waals surface area (Å²) in [5.41, 5.74) is 5.90. The monoisotopic (exact) mass is 381 g/mol. The Hall–Kier alpha value is -3.14. The number of hydrogen-bond acceptors (Lipinski definition) is 6. The molecule has 1 aromatic rings. The van der Waals surface area contributed by atoms with Crippen LogP contribution in [0.1, 0.15) is 24.8 Å². The minimum Gasteiger partial charge on any atom is -0.481 e. The van der Waals surface area contributed by atoms with E-state index in [1.807, 2.05) is 6.07 Å². The van der Waals surface area contributed by atoms with E-state index in [9.17, 15) is 24.3 Å². The number of amides is 3. The van der Waals surface area contributed by atoms with E-state index in [2.05, 4.69) is 10.6 Å². The molecule has 6 N–H and O–H groups in total. The van der Waals surface area contributed by atoms with E-state index in [-0.39, 0.29) is 26.0 Å². The Morgan fingerprint density at radius 3 is 2.41 bits per heavy atom. The molecule has 1 rings (SSSR count). The number of hydrogen-bond donors (Lipinski definition) is 5. The van der Waals surface area contributed by atoms with E-state index < -0.39 is 42.4 Å². The van der Waals surface area contributed by atoms with Gasteiger partial charge in [-0.2, -0.15) is 0 Å². The molecule has 0 saturated carbocycles. The summed E-state index contributed by atoms with van der Waals surface area (Å²) in [6.07, 6.45) is -2.88. The van der Waals surface area contributed by atoms with Gasteiger partial charge in [0.1, 0.15) is 12.6 Å². The third-order valence-corrected chi connectivity index (χ3v) is 3.44. The van der Waals surface area contributed by atoms with Crippen molar-refractivity contribution in [3.63, 3.8) is 0 Å². The van der Waals surface area contributed by atoms with E-state index >= 15 is 0 Å². The molecular formula is C17H23N3O7. The maximum atomic E-state index is 11.8. The molecule has 2 atom stereocenters. The van der Waals surface area contributed by atoms with Crippen molar-refractivity contribution in [2.24, 2.45) is 5.73 Å². The molecule has 0 spiro atoms. The number of aliphatic hydroxyl groups is 1. The molecule has 1 aromatic carbocycles. The second kappa shape index (κ2) is 11.5. The van der Waals surface area contributed by atoms with Crippen molar-refractivity contribution >= 4 is 23.9 Å². The van der Waals surface area contributed by atoms with Gasteiger partial charge in [0.15, 0.2) is 0 Å². The molecular weight excluding hydrogens is 358 g/mol. The summed E-state index contributed by atoms with van der Waals surface area (Å²) in [5.74, 6) is -2.70. The predicted molar refractivity (Wildman–Crippen MR) is 93.2 cm³/mol. The highest BCUT2D eigenvalue weighted by Gasteiger charge is 2.21. The van der Waals surface area contributed by atoms with Crippen LogP contribution in [0.25, 0.3) is 0 Å². The fourth-order valence-corrected chi connectivity index (χ4v) is 2.07. The number of aliphatic hydroxyl groups excluding tert-OH is 1. The van der Waals surface area contributed by atoms with Gasteiger partial charge in [0.2, 0.25) is 11.8 Å². The number of benzene rings is 1. The Bertz CT molecular complexity index is 651. The number of carbonyl (C=O) groups is 4. The van der Waals surface area contributed by atoms with Crippen molar-refractivity contribution in [2.75, 3.05) is 6.54 Å².